The number of fused-ring (bicyclic) bond motifs is 2. The van der Waals surface area contributed by atoms with Crippen LogP contribution in [0.1, 0.15) is 64.4 Å². The fourth-order valence-corrected chi connectivity index (χ4v) is 10.6. The molecule has 462 valence electrons. The van der Waals surface area contributed by atoms with Crippen LogP contribution in [0.15, 0.2) is 97.6 Å². The highest BCUT2D eigenvalue weighted by Crippen LogP contribution is 2.37. The van der Waals surface area contributed by atoms with Crippen LogP contribution in [0, 0.1) is 0 Å². The number of nitrogens with two attached hydrogens (primary N) is 2. The number of likely N-dealkylation sites (N-methyl/N-ethyl adjacent to an activating group) is 1. The van der Waals surface area contributed by atoms with Gasteiger partial charge in [0.25, 0.3) is 17.7 Å². The van der Waals surface area contributed by atoms with Crippen molar-refractivity contribution >= 4 is 91.8 Å². The van der Waals surface area contributed by atoms with Crippen LogP contribution in [0.2, 0.25) is 0 Å². The van der Waals surface area contributed by atoms with Crippen molar-refractivity contribution in [2.75, 3.05) is 136 Å². The van der Waals surface area contributed by atoms with Gasteiger partial charge in [0.1, 0.15) is 46.2 Å². The van der Waals surface area contributed by atoms with Crippen molar-refractivity contribution in [1.82, 2.24) is 54.6 Å². The molecule has 8 N–H and O–H groups in total. The number of ether oxygens (including phenoxy) is 2. The Hall–Kier alpha value is -9.41. The molecule has 3 saturated heterocycles. The maximum absolute atomic E-state index is 14.3. The summed E-state index contributed by atoms with van der Waals surface area (Å²) in [6.45, 7) is 10.4. The summed E-state index contributed by atoms with van der Waals surface area (Å²) in [4.78, 5) is 73.6. The van der Waals surface area contributed by atoms with Gasteiger partial charge in [-0.3, -0.25) is 14.5 Å². The van der Waals surface area contributed by atoms with Crippen LogP contribution in [0.3, 0.4) is 0 Å². The fraction of sp³-hybridized carbons (Fsp3) is 0.367. The first-order valence-electron chi connectivity index (χ1n) is 28.6. The first-order chi connectivity index (χ1) is 42.3. The Morgan fingerprint density at radius 3 is 1.55 bits per heavy atom. The van der Waals surface area contributed by atoms with Crippen molar-refractivity contribution in [3.63, 3.8) is 0 Å². The molecule has 0 atom stereocenters. The number of nitrogens with zero attached hydrogens (tertiary/aromatic N) is 13. The molecule has 0 bridgehead atoms. The fourth-order valence-electron chi connectivity index (χ4n) is 10.6. The second-order valence-corrected chi connectivity index (χ2v) is 21.6. The van der Waals surface area contributed by atoms with Gasteiger partial charge in [-0.05, 0) is 120 Å². The molecule has 3 fully saturated rings. The first kappa shape index (κ1) is 61.7. The number of amides is 2. The number of piperazine rings is 1. The minimum Gasteiger partial charge on any atom is -0.495 e. The Labute approximate surface area is 504 Å². The Kier molecular flexibility index (Phi) is 18.7. The molecule has 0 radical (unpaired) electrons. The summed E-state index contributed by atoms with van der Waals surface area (Å²) in [7, 11) is 7.22. The molecule has 0 saturated carbocycles. The number of anilines is 10. The van der Waals surface area contributed by atoms with Gasteiger partial charge < -0.3 is 61.8 Å². The van der Waals surface area contributed by atoms with E-state index in [-0.39, 0.29) is 46.1 Å². The molecule has 2 amide bonds. The summed E-state index contributed by atoms with van der Waals surface area (Å²) in [6, 6.07) is 20.1. The lowest BCUT2D eigenvalue weighted by atomic mass is 10.0. The molecule has 3 aliphatic heterocycles. The van der Waals surface area contributed by atoms with Crippen LogP contribution in [0.25, 0.3) is 22.1 Å². The second kappa shape index (κ2) is 26.7. The van der Waals surface area contributed by atoms with Crippen LogP contribution < -0.4 is 52.0 Å². The monoisotopic (exact) mass is 1210 g/mol. The molecule has 8 aromatic rings. The van der Waals surface area contributed by atoms with E-state index in [4.69, 9.17) is 30.9 Å². The van der Waals surface area contributed by atoms with Gasteiger partial charge in [0.15, 0.2) is 23.3 Å². The molecular formula is C60H68F5N19O4. The number of carbonyl (C=O) groups excluding carboxylic acids is 2. The van der Waals surface area contributed by atoms with Crippen molar-refractivity contribution < 1.29 is 41.0 Å². The third-order valence-corrected chi connectivity index (χ3v) is 15.7. The Balaban J connectivity index is 0.000000196. The molecule has 28 heteroatoms. The number of carbonyl (C=O) groups is 2. The molecule has 0 unspecified atom stereocenters. The predicted molar refractivity (Wildman–Crippen MR) is 328 cm³/mol. The van der Waals surface area contributed by atoms with E-state index >= 15 is 0 Å². The average Bonchev–Trinajstić information content (AvgIpc) is 2.60. The molecule has 23 nitrogen and oxygen atoms in total. The lowest BCUT2D eigenvalue weighted by molar-refractivity contribution is -0.137. The second-order valence-electron chi connectivity index (χ2n) is 21.6. The van der Waals surface area contributed by atoms with Crippen LogP contribution >= 0.6 is 0 Å². The lowest BCUT2D eigenvalue weighted by Crippen LogP contribution is -2.53. The summed E-state index contributed by atoms with van der Waals surface area (Å²) in [6.07, 6.45) is 1.12. The van der Waals surface area contributed by atoms with Gasteiger partial charge in [0, 0.05) is 86.3 Å². The summed E-state index contributed by atoms with van der Waals surface area (Å²) >= 11 is 0. The average molecular weight is 1210 g/mol. The lowest BCUT2D eigenvalue weighted by Gasteiger charge is -2.42. The van der Waals surface area contributed by atoms with Crippen molar-refractivity contribution in [2.45, 2.75) is 50.7 Å². The topological polar surface area (TPSA) is 272 Å². The van der Waals surface area contributed by atoms with E-state index in [1.54, 1.807) is 30.3 Å². The highest BCUT2D eigenvalue weighted by Gasteiger charge is 2.32. The molecule has 3 aliphatic rings. The van der Waals surface area contributed by atoms with Crippen LogP contribution in [-0.2, 0) is 12.1 Å². The number of alkyl halides is 5. The van der Waals surface area contributed by atoms with E-state index in [2.05, 4.69) is 89.8 Å². The van der Waals surface area contributed by atoms with Gasteiger partial charge in [-0.1, -0.05) is 25.1 Å². The number of hydrogen-bond donors (Lipinski definition) is 6. The van der Waals surface area contributed by atoms with E-state index in [0.29, 0.717) is 74.5 Å². The van der Waals surface area contributed by atoms with Crippen molar-refractivity contribution in [3.05, 3.63) is 120 Å². The molecule has 0 spiro atoms. The number of nitrogens with one attached hydrogen (secondary N) is 4. The Morgan fingerprint density at radius 2 is 1.05 bits per heavy atom. The minimum atomic E-state index is -4.53. The molecule has 4 aromatic carbocycles. The summed E-state index contributed by atoms with van der Waals surface area (Å²) in [5, 5.41) is 11.6. The number of likely N-dealkylation sites (tertiary alicyclic amines) is 1. The SMILES string of the molecule is CCC(F)(F)c1cccc(NC(=O)c2ccc(OC)c(Nc3ncnc4c(N)nc(N5CCN(C6CCN(C)CC6)CC5)nc34)c2)c1.COc1ccc(C(=O)Nc2cccc(C(F)(F)F)c2)cc1Nc1ncnc2c(N)nc(N3CCCN(C)CC3)nc12. The van der Waals surface area contributed by atoms with E-state index in [0.717, 1.165) is 84.0 Å². The number of piperidine rings is 1. The predicted octanol–water partition coefficient (Wildman–Crippen LogP) is 8.89. The van der Waals surface area contributed by atoms with Crippen LogP contribution in [0.4, 0.5) is 79.9 Å². The molecule has 7 heterocycles. The molecular weight excluding hydrogens is 1150 g/mol. The zero-order chi connectivity index (χ0) is 62.3. The third-order valence-electron chi connectivity index (χ3n) is 15.7. The molecule has 88 heavy (non-hydrogen) atoms. The summed E-state index contributed by atoms with van der Waals surface area (Å²) < 4.78 is 78.9. The zero-order valence-corrected chi connectivity index (χ0v) is 49.2. The van der Waals surface area contributed by atoms with E-state index < -0.39 is 29.5 Å². The number of benzene rings is 4. The van der Waals surface area contributed by atoms with E-state index in [9.17, 15) is 31.5 Å². The smallest absolute Gasteiger partial charge is 0.416 e. The quantitative estimate of drug-likeness (QED) is 0.0523. The number of methoxy groups -OCH3 is 2. The summed E-state index contributed by atoms with van der Waals surface area (Å²) in [5.74, 6) is -1.15. The normalized spacial score (nSPS) is 15.7. The first-order valence-corrected chi connectivity index (χ1v) is 28.6. The molecule has 0 aliphatic carbocycles. The number of rotatable bonds is 15. The third kappa shape index (κ3) is 14.4. The maximum Gasteiger partial charge on any atom is 0.416 e. The minimum absolute atomic E-state index is 0.0105. The van der Waals surface area contributed by atoms with Crippen LogP contribution in [-0.4, -0.2) is 166 Å². The van der Waals surface area contributed by atoms with E-state index in [1.807, 2.05) is 0 Å². The zero-order valence-electron chi connectivity index (χ0n) is 49.2. The standard InChI is InChI=1S/C33H40F2N10O2.C27H28F3N9O2/c1-4-33(34,35)22-6-5-7-23(19-22)39-31(46)21-8-9-26(47-3)25(18-21)40-30-28-27(37-20-38-30)29(36)42-32(41-28)45-16-14-44(15-17-45)24-10-12-43(2)13-11-24;1-38-9-4-10-39(12-11-38)26-36-22-21(23(31)37-26)32-15-33-24(22)35-19-13-16(7-8-20(19)41-2)25(40)34-18-6-3-5-17(14-18)27(28,29)30/h5-9,18-20,24H,4,10-17H2,1-3H3,(H,39,46)(H2,36,41,42)(H,37,38,40);3,5-8,13-15H,4,9-12H2,1-2H3,(H,34,40)(H2,31,36,37)(H,32,33,35). The van der Waals surface area contributed by atoms with Crippen LogP contribution in [0.5, 0.6) is 11.5 Å². The van der Waals surface area contributed by atoms with Gasteiger partial charge in [0.2, 0.25) is 11.9 Å². The molecule has 11 rings (SSSR count). The number of halogens is 5. The Bertz CT molecular complexity index is 3810. The van der Waals surface area contributed by atoms with Gasteiger partial charge in [-0.15, -0.1) is 0 Å². The van der Waals surface area contributed by atoms with Gasteiger partial charge in [-0.2, -0.15) is 23.1 Å². The van der Waals surface area contributed by atoms with Gasteiger partial charge >= 0.3 is 6.18 Å². The van der Waals surface area contributed by atoms with Crippen molar-refractivity contribution in [3.8, 4) is 11.5 Å². The van der Waals surface area contributed by atoms with Gasteiger partial charge in [-0.25, -0.2) is 38.7 Å². The van der Waals surface area contributed by atoms with E-state index in [1.165, 1.54) is 89.1 Å². The summed E-state index contributed by atoms with van der Waals surface area (Å²) in [5.41, 5.74) is 14.7. The maximum atomic E-state index is 14.3. The highest BCUT2D eigenvalue weighted by molar-refractivity contribution is 6.06. The van der Waals surface area contributed by atoms with Gasteiger partial charge in [0.05, 0.1) is 31.2 Å². The number of aromatic nitrogens is 8. The Morgan fingerprint density at radius 1 is 0.568 bits per heavy atom. The largest absolute Gasteiger partial charge is 0.495 e. The van der Waals surface area contributed by atoms with Crippen molar-refractivity contribution in [2.24, 2.45) is 0 Å². The number of nitrogen functional groups attached to an aromatic ring is 2. The number of hydrogen-bond acceptors (Lipinski definition) is 21. The highest BCUT2D eigenvalue weighted by atomic mass is 19.4. The van der Waals surface area contributed by atoms with Crippen molar-refractivity contribution in [1.29, 1.82) is 0 Å². The molecule has 4 aromatic heterocycles.